The van der Waals surface area contributed by atoms with Crippen molar-refractivity contribution in [1.82, 2.24) is 20.1 Å². The molecule has 0 aliphatic heterocycles. The molecule has 0 unspecified atom stereocenters. The molecular weight excluding hydrogens is 256 g/mol. The number of aromatic amines is 1. The third-order valence-electron chi connectivity index (χ3n) is 3.72. The quantitative estimate of drug-likeness (QED) is 0.928. The first-order valence-corrected chi connectivity index (χ1v) is 6.96. The van der Waals surface area contributed by atoms with Gasteiger partial charge in [-0.15, -0.1) is 5.10 Å². The highest BCUT2D eigenvalue weighted by Crippen LogP contribution is 2.26. The zero-order valence-electron chi connectivity index (χ0n) is 11.5. The van der Waals surface area contributed by atoms with Gasteiger partial charge in [0.25, 0.3) is 5.91 Å². The Labute approximate surface area is 117 Å². The summed E-state index contributed by atoms with van der Waals surface area (Å²) in [7, 11) is 0. The minimum absolute atomic E-state index is 0.127. The van der Waals surface area contributed by atoms with E-state index in [-0.39, 0.29) is 17.8 Å². The number of aryl methyl sites for hydroxylation is 1. The molecule has 3 rings (SSSR count). The minimum Gasteiger partial charge on any atom is -0.467 e. The van der Waals surface area contributed by atoms with Crippen molar-refractivity contribution in [3.05, 3.63) is 35.8 Å². The van der Waals surface area contributed by atoms with Crippen LogP contribution < -0.4 is 0 Å². The summed E-state index contributed by atoms with van der Waals surface area (Å²) in [6.45, 7) is 2.26. The van der Waals surface area contributed by atoms with Crippen molar-refractivity contribution >= 4 is 5.91 Å². The van der Waals surface area contributed by atoms with Crippen molar-refractivity contribution in [2.24, 2.45) is 0 Å². The number of rotatable bonds is 4. The van der Waals surface area contributed by atoms with Crippen molar-refractivity contribution in [2.45, 2.75) is 45.2 Å². The number of amides is 1. The highest BCUT2D eigenvalue weighted by molar-refractivity contribution is 5.90. The average Bonchev–Trinajstić information content (AvgIpc) is 3.17. The van der Waals surface area contributed by atoms with Gasteiger partial charge in [-0.2, -0.15) is 0 Å². The third kappa shape index (κ3) is 2.59. The Morgan fingerprint density at radius 2 is 2.30 bits per heavy atom. The lowest BCUT2D eigenvalue weighted by Crippen LogP contribution is -2.38. The van der Waals surface area contributed by atoms with E-state index < -0.39 is 0 Å². The molecule has 2 aromatic rings. The van der Waals surface area contributed by atoms with Gasteiger partial charge in [-0.3, -0.25) is 9.89 Å². The van der Waals surface area contributed by atoms with Gasteiger partial charge < -0.3 is 9.32 Å². The molecule has 6 nitrogen and oxygen atoms in total. The second kappa shape index (κ2) is 5.48. The molecule has 0 atom stereocenters. The Morgan fingerprint density at radius 1 is 1.50 bits per heavy atom. The molecule has 1 fully saturated rings. The molecule has 6 heteroatoms. The molecule has 0 aromatic carbocycles. The Hall–Kier alpha value is -2.11. The fraction of sp³-hybridized carbons (Fsp3) is 0.500. The van der Waals surface area contributed by atoms with E-state index in [9.17, 15) is 4.79 Å². The highest BCUT2D eigenvalue weighted by Gasteiger charge is 2.30. The molecule has 0 radical (unpaired) electrons. The summed E-state index contributed by atoms with van der Waals surface area (Å²) in [6, 6.07) is 3.98. The van der Waals surface area contributed by atoms with Crippen LogP contribution in [0, 0.1) is 6.92 Å². The molecule has 1 aliphatic carbocycles. The standard InChI is InChI=1S/C14H18N4O2/c1-10-15-13(17-16-10)14(19)18(11-5-2-3-6-11)9-12-7-4-8-20-12/h4,7-8,11H,2-3,5-6,9H2,1H3,(H,15,16,17). The number of carbonyl (C=O) groups is 1. The van der Waals surface area contributed by atoms with Gasteiger partial charge in [0.2, 0.25) is 5.82 Å². The Balaban J connectivity index is 1.82. The summed E-state index contributed by atoms with van der Waals surface area (Å²) < 4.78 is 5.37. The van der Waals surface area contributed by atoms with Gasteiger partial charge in [-0.05, 0) is 31.9 Å². The predicted molar refractivity (Wildman–Crippen MR) is 72.0 cm³/mol. The fourth-order valence-corrected chi connectivity index (χ4v) is 2.72. The molecule has 2 heterocycles. The molecule has 0 saturated heterocycles. The normalized spacial score (nSPS) is 15.7. The molecule has 20 heavy (non-hydrogen) atoms. The Bertz CT molecular complexity index is 570. The predicted octanol–water partition coefficient (Wildman–Crippen LogP) is 2.29. The SMILES string of the molecule is Cc1nc(C(=O)N(Cc2ccco2)C2CCCC2)n[nH]1. The van der Waals surface area contributed by atoms with Crippen molar-refractivity contribution < 1.29 is 9.21 Å². The van der Waals surface area contributed by atoms with E-state index in [1.54, 1.807) is 13.2 Å². The molecular formula is C14H18N4O2. The van der Waals surface area contributed by atoms with Crippen LogP contribution in [0.2, 0.25) is 0 Å². The largest absolute Gasteiger partial charge is 0.467 e. The van der Waals surface area contributed by atoms with Crippen molar-refractivity contribution in [2.75, 3.05) is 0 Å². The van der Waals surface area contributed by atoms with E-state index in [4.69, 9.17) is 4.42 Å². The summed E-state index contributed by atoms with van der Waals surface area (Å²) in [5, 5.41) is 6.70. The van der Waals surface area contributed by atoms with Crippen molar-refractivity contribution in [1.29, 1.82) is 0 Å². The monoisotopic (exact) mass is 274 g/mol. The summed E-state index contributed by atoms with van der Waals surface area (Å²) in [4.78, 5) is 18.6. The molecule has 1 amide bonds. The van der Waals surface area contributed by atoms with Gasteiger partial charge in [-0.1, -0.05) is 12.8 Å². The van der Waals surface area contributed by atoms with E-state index in [1.165, 1.54) is 12.8 Å². The van der Waals surface area contributed by atoms with Gasteiger partial charge >= 0.3 is 0 Å². The molecule has 2 aromatic heterocycles. The Kier molecular flexibility index (Phi) is 3.54. The molecule has 0 spiro atoms. The third-order valence-corrected chi connectivity index (χ3v) is 3.72. The molecule has 1 N–H and O–H groups in total. The number of aromatic nitrogens is 3. The fourth-order valence-electron chi connectivity index (χ4n) is 2.72. The van der Waals surface area contributed by atoms with Crippen LogP contribution in [0.5, 0.6) is 0 Å². The van der Waals surface area contributed by atoms with Crippen LogP contribution in [0.25, 0.3) is 0 Å². The maximum atomic E-state index is 12.6. The number of carbonyl (C=O) groups excluding carboxylic acids is 1. The maximum absolute atomic E-state index is 12.6. The van der Waals surface area contributed by atoms with E-state index in [1.807, 2.05) is 17.0 Å². The van der Waals surface area contributed by atoms with Crippen molar-refractivity contribution in [3.63, 3.8) is 0 Å². The van der Waals surface area contributed by atoms with Crippen LogP contribution in [-0.2, 0) is 6.54 Å². The average molecular weight is 274 g/mol. The van der Waals surface area contributed by atoms with E-state index >= 15 is 0 Å². The topological polar surface area (TPSA) is 75.0 Å². The van der Waals surface area contributed by atoms with Gasteiger partial charge in [0.1, 0.15) is 11.6 Å². The van der Waals surface area contributed by atoms with Crippen molar-refractivity contribution in [3.8, 4) is 0 Å². The number of hydrogen-bond donors (Lipinski definition) is 1. The van der Waals surface area contributed by atoms with Crippen LogP contribution in [-0.4, -0.2) is 32.0 Å². The lowest BCUT2D eigenvalue weighted by Gasteiger charge is -2.27. The van der Waals surface area contributed by atoms with Gasteiger partial charge in [0.05, 0.1) is 12.8 Å². The van der Waals surface area contributed by atoms with E-state index in [0.717, 1.165) is 18.6 Å². The Morgan fingerprint density at radius 3 is 2.90 bits per heavy atom. The number of nitrogens with zero attached hydrogens (tertiary/aromatic N) is 3. The molecule has 106 valence electrons. The number of hydrogen-bond acceptors (Lipinski definition) is 4. The van der Waals surface area contributed by atoms with Gasteiger partial charge in [-0.25, -0.2) is 4.98 Å². The number of H-pyrrole nitrogens is 1. The van der Waals surface area contributed by atoms with Crippen LogP contribution >= 0.6 is 0 Å². The first kappa shape index (κ1) is 12.9. The lowest BCUT2D eigenvalue weighted by atomic mass is 10.2. The smallest absolute Gasteiger partial charge is 0.294 e. The lowest BCUT2D eigenvalue weighted by molar-refractivity contribution is 0.0636. The molecule has 1 saturated carbocycles. The number of furan rings is 1. The molecule has 0 bridgehead atoms. The molecule has 1 aliphatic rings. The van der Waals surface area contributed by atoms with Gasteiger partial charge in [0.15, 0.2) is 0 Å². The number of nitrogens with one attached hydrogen (secondary N) is 1. The van der Waals surface area contributed by atoms with Gasteiger partial charge in [0, 0.05) is 6.04 Å². The minimum atomic E-state index is -0.127. The maximum Gasteiger partial charge on any atom is 0.294 e. The second-order valence-electron chi connectivity index (χ2n) is 5.20. The van der Waals surface area contributed by atoms with Crippen LogP contribution in [0.3, 0.4) is 0 Å². The van der Waals surface area contributed by atoms with E-state index in [0.29, 0.717) is 12.4 Å². The zero-order chi connectivity index (χ0) is 13.9. The summed E-state index contributed by atoms with van der Waals surface area (Å²) >= 11 is 0. The second-order valence-corrected chi connectivity index (χ2v) is 5.20. The first-order valence-electron chi connectivity index (χ1n) is 6.96. The van der Waals surface area contributed by atoms with Crippen LogP contribution in [0.1, 0.15) is 47.9 Å². The summed E-state index contributed by atoms with van der Waals surface area (Å²) in [6.07, 6.45) is 6.04. The zero-order valence-corrected chi connectivity index (χ0v) is 11.5. The first-order chi connectivity index (χ1) is 9.74. The summed E-state index contributed by atoms with van der Waals surface area (Å²) in [5.74, 6) is 1.55. The van der Waals surface area contributed by atoms with E-state index in [2.05, 4.69) is 15.2 Å². The highest BCUT2D eigenvalue weighted by atomic mass is 16.3. The van der Waals surface area contributed by atoms with Crippen LogP contribution in [0.4, 0.5) is 0 Å². The van der Waals surface area contributed by atoms with Crippen LogP contribution in [0.15, 0.2) is 22.8 Å². The summed E-state index contributed by atoms with van der Waals surface area (Å²) in [5.41, 5.74) is 0.